The molecule has 2 aromatic rings. The van der Waals surface area contributed by atoms with E-state index >= 15 is 0 Å². The first-order chi connectivity index (χ1) is 11.3. The van der Waals surface area contributed by atoms with Crippen molar-refractivity contribution in [1.29, 1.82) is 0 Å². The minimum Gasteiger partial charge on any atom is -0.320 e. The average molecular weight is 348 g/mol. The van der Waals surface area contributed by atoms with E-state index in [2.05, 4.69) is 10.2 Å². The van der Waals surface area contributed by atoms with Gasteiger partial charge in [-0.15, -0.1) is 10.2 Å². The Morgan fingerprint density at radius 2 is 1.67 bits per heavy atom. The summed E-state index contributed by atoms with van der Waals surface area (Å²) in [6.45, 7) is 6.78. The lowest BCUT2D eigenvalue weighted by molar-refractivity contribution is 0.310. The predicted molar refractivity (Wildman–Crippen MR) is 92.4 cm³/mol. The summed E-state index contributed by atoms with van der Waals surface area (Å²) in [5.41, 5.74) is 2.73. The second kappa shape index (κ2) is 6.29. The molecule has 2 heterocycles. The monoisotopic (exact) mass is 348 g/mol. The number of sulfonamides is 1. The number of hydrogen-bond acceptors (Lipinski definition) is 4. The van der Waals surface area contributed by atoms with Crippen LogP contribution in [0.3, 0.4) is 0 Å². The third-order valence-corrected chi connectivity index (χ3v) is 6.97. The Balaban J connectivity index is 1.82. The molecule has 0 unspecified atom stereocenters. The van der Waals surface area contributed by atoms with Gasteiger partial charge >= 0.3 is 0 Å². The highest BCUT2D eigenvalue weighted by Gasteiger charge is 2.33. The first kappa shape index (κ1) is 17.1. The zero-order chi connectivity index (χ0) is 17.5. The lowest BCUT2D eigenvalue weighted by atomic mass is 9.97. The molecule has 1 saturated heterocycles. The fourth-order valence-electron chi connectivity index (χ4n) is 3.72. The van der Waals surface area contributed by atoms with Crippen LogP contribution in [0.1, 0.15) is 41.3 Å². The van der Waals surface area contributed by atoms with Gasteiger partial charge in [0.2, 0.25) is 10.0 Å². The Kier molecular flexibility index (Phi) is 4.48. The molecule has 6 nitrogen and oxygen atoms in total. The summed E-state index contributed by atoms with van der Waals surface area (Å²) in [5, 5.41) is 8.09. The number of hydrogen-bond donors (Lipinski definition) is 0. The molecule has 0 N–H and O–H groups in total. The molecule has 1 aliphatic heterocycles. The Hall–Kier alpha value is -1.73. The maximum atomic E-state index is 13.1. The van der Waals surface area contributed by atoms with Crippen LogP contribution in [0.15, 0.2) is 23.4 Å². The quantitative estimate of drug-likeness (QED) is 0.853. The van der Waals surface area contributed by atoms with Gasteiger partial charge in [-0.25, -0.2) is 8.42 Å². The average Bonchev–Trinajstić information content (AvgIpc) is 2.92. The molecule has 0 atom stereocenters. The summed E-state index contributed by atoms with van der Waals surface area (Å²) in [7, 11) is -1.52. The maximum absolute atomic E-state index is 13.1. The van der Waals surface area contributed by atoms with E-state index in [4.69, 9.17) is 0 Å². The highest BCUT2D eigenvalue weighted by Crippen LogP contribution is 2.31. The summed E-state index contributed by atoms with van der Waals surface area (Å²) in [4.78, 5) is 0.463. The first-order valence-electron chi connectivity index (χ1n) is 8.22. The van der Waals surface area contributed by atoms with E-state index < -0.39 is 10.0 Å². The lowest BCUT2D eigenvalue weighted by Crippen LogP contribution is -2.38. The van der Waals surface area contributed by atoms with E-state index in [0.29, 0.717) is 18.0 Å². The molecule has 0 spiro atoms. The van der Waals surface area contributed by atoms with Gasteiger partial charge in [0.15, 0.2) is 0 Å². The summed E-state index contributed by atoms with van der Waals surface area (Å²) in [6, 6.07) is 3.87. The molecular weight excluding hydrogens is 324 g/mol. The predicted octanol–water partition coefficient (Wildman–Crippen LogP) is 2.31. The normalized spacial score (nSPS) is 17.3. The van der Waals surface area contributed by atoms with Crippen LogP contribution in [-0.4, -0.2) is 40.6 Å². The molecule has 1 aliphatic rings. The molecule has 0 saturated carbocycles. The van der Waals surface area contributed by atoms with E-state index in [9.17, 15) is 8.42 Å². The van der Waals surface area contributed by atoms with E-state index in [-0.39, 0.29) is 5.92 Å². The fraction of sp³-hybridized carbons (Fsp3) is 0.529. The second-order valence-corrected chi connectivity index (χ2v) is 8.58. The van der Waals surface area contributed by atoms with Crippen molar-refractivity contribution in [2.45, 2.75) is 44.4 Å². The summed E-state index contributed by atoms with van der Waals surface area (Å²) < 4.78 is 29.7. The maximum Gasteiger partial charge on any atom is 0.243 e. The van der Waals surface area contributed by atoms with Crippen molar-refractivity contribution < 1.29 is 8.42 Å². The Morgan fingerprint density at radius 3 is 2.17 bits per heavy atom. The summed E-state index contributed by atoms with van der Waals surface area (Å²) in [5.74, 6) is 1.21. The number of aromatic nitrogens is 3. The van der Waals surface area contributed by atoms with Gasteiger partial charge in [0.25, 0.3) is 0 Å². The van der Waals surface area contributed by atoms with Crippen LogP contribution >= 0.6 is 0 Å². The van der Waals surface area contributed by atoms with Crippen molar-refractivity contribution in [3.8, 4) is 0 Å². The van der Waals surface area contributed by atoms with Gasteiger partial charge < -0.3 is 4.57 Å². The minimum atomic E-state index is -3.45. The number of benzene rings is 1. The Labute approximate surface area is 143 Å². The van der Waals surface area contributed by atoms with Gasteiger partial charge in [0, 0.05) is 26.1 Å². The molecule has 1 fully saturated rings. The topological polar surface area (TPSA) is 68.1 Å². The molecule has 0 bridgehead atoms. The third kappa shape index (κ3) is 2.98. The summed E-state index contributed by atoms with van der Waals surface area (Å²) in [6.07, 6.45) is 3.24. The van der Waals surface area contributed by atoms with E-state index in [1.165, 1.54) is 0 Å². The molecule has 1 aromatic carbocycles. The summed E-state index contributed by atoms with van der Waals surface area (Å²) >= 11 is 0. The van der Waals surface area contributed by atoms with Gasteiger partial charge in [-0.05, 0) is 44.7 Å². The van der Waals surface area contributed by atoms with Crippen LogP contribution in [0.5, 0.6) is 0 Å². The van der Waals surface area contributed by atoms with Crippen molar-refractivity contribution in [2.24, 2.45) is 7.05 Å². The standard InChI is InChI=1S/C17H24N4O2S/c1-12-9-13(2)16(14(3)10-12)24(22,23)21-7-5-15(6-8-21)17-19-18-11-20(17)4/h9-11,15H,5-8H2,1-4H3. The molecule has 0 radical (unpaired) electrons. The van der Waals surface area contributed by atoms with Gasteiger partial charge in [-0.2, -0.15) is 4.31 Å². The molecular formula is C17H24N4O2S. The van der Waals surface area contributed by atoms with Gasteiger partial charge in [-0.3, -0.25) is 0 Å². The number of nitrogens with zero attached hydrogens (tertiary/aromatic N) is 4. The zero-order valence-electron chi connectivity index (χ0n) is 14.7. The van der Waals surface area contributed by atoms with Crippen LogP contribution in [0.25, 0.3) is 0 Å². The molecule has 24 heavy (non-hydrogen) atoms. The number of rotatable bonds is 3. The SMILES string of the molecule is Cc1cc(C)c(S(=O)(=O)N2CCC(c3nncn3C)CC2)c(C)c1. The van der Waals surface area contributed by atoms with Gasteiger partial charge in [0.05, 0.1) is 4.90 Å². The van der Waals surface area contributed by atoms with Crippen LogP contribution in [0, 0.1) is 20.8 Å². The van der Waals surface area contributed by atoms with Crippen molar-refractivity contribution in [1.82, 2.24) is 19.1 Å². The lowest BCUT2D eigenvalue weighted by Gasteiger charge is -2.31. The van der Waals surface area contributed by atoms with Gasteiger partial charge in [-0.1, -0.05) is 17.7 Å². The molecule has 0 amide bonds. The van der Waals surface area contributed by atoms with E-state index in [0.717, 1.165) is 35.4 Å². The number of aryl methyl sites for hydroxylation is 4. The fourth-order valence-corrected chi connectivity index (χ4v) is 5.60. The first-order valence-corrected chi connectivity index (χ1v) is 9.66. The largest absolute Gasteiger partial charge is 0.320 e. The van der Waals surface area contributed by atoms with Crippen LogP contribution in [-0.2, 0) is 17.1 Å². The molecule has 3 rings (SSSR count). The van der Waals surface area contributed by atoms with Gasteiger partial charge in [0.1, 0.15) is 12.2 Å². The molecule has 130 valence electrons. The van der Waals surface area contributed by atoms with Crippen LogP contribution < -0.4 is 0 Å². The van der Waals surface area contributed by atoms with Crippen molar-refractivity contribution >= 4 is 10.0 Å². The van der Waals surface area contributed by atoms with Crippen molar-refractivity contribution in [3.63, 3.8) is 0 Å². The van der Waals surface area contributed by atoms with E-state index in [1.807, 2.05) is 44.5 Å². The highest BCUT2D eigenvalue weighted by molar-refractivity contribution is 7.89. The Morgan fingerprint density at radius 1 is 1.08 bits per heavy atom. The molecule has 7 heteroatoms. The second-order valence-electron chi connectivity index (χ2n) is 6.71. The van der Waals surface area contributed by atoms with Crippen molar-refractivity contribution in [3.05, 3.63) is 41.0 Å². The number of piperidine rings is 1. The van der Waals surface area contributed by atoms with Crippen LogP contribution in [0.2, 0.25) is 0 Å². The van der Waals surface area contributed by atoms with Crippen LogP contribution in [0.4, 0.5) is 0 Å². The molecule has 0 aliphatic carbocycles. The molecule has 1 aromatic heterocycles. The third-order valence-electron chi connectivity index (χ3n) is 4.77. The Bertz CT molecular complexity index is 826. The smallest absolute Gasteiger partial charge is 0.243 e. The van der Waals surface area contributed by atoms with Crippen molar-refractivity contribution in [2.75, 3.05) is 13.1 Å². The van der Waals surface area contributed by atoms with E-state index in [1.54, 1.807) is 10.6 Å². The zero-order valence-corrected chi connectivity index (χ0v) is 15.5. The minimum absolute atomic E-state index is 0.268. The highest BCUT2D eigenvalue weighted by atomic mass is 32.2.